The molecule has 1 heterocycles. The van der Waals surface area contributed by atoms with Crippen LogP contribution in [0.15, 0.2) is 18.2 Å². The van der Waals surface area contributed by atoms with Crippen molar-refractivity contribution < 1.29 is 8.78 Å². The highest BCUT2D eigenvalue weighted by molar-refractivity contribution is 7.11. The summed E-state index contributed by atoms with van der Waals surface area (Å²) in [7, 11) is 0. The number of nitrogens with two attached hydrogens (primary N) is 1. The maximum Gasteiger partial charge on any atom is 0.131 e. The van der Waals surface area contributed by atoms with Crippen LogP contribution in [0.5, 0.6) is 0 Å². The van der Waals surface area contributed by atoms with E-state index in [9.17, 15) is 8.78 Å². The van der Waals surface area contributed by atoms with E-state index in [1.54, 1.807) is 0 Å². The molecule has 2 N–H and O–H groups in total. The van der Waals surface area contributed by atoms with Gasteiger partial charge in [0.1, 0.15) is 16.6 Å². The maximum atomic E-state index is 13.6. The summed E-state index contributed by atoms with van der Waals surface area (Å²) in [5.41, 5.74) is 6.90. The van der Waals surface area contributed by atoms with Crippen molar-refractivity contribution in [2.24, 2.45) is 5.73 Å². The van der Waals surface area contributed by atoms with Gasteiger partial charge in [-0.3, -0.25) is 0 Å². The monoisotopic (exact) mass is 266 g/mol. The summed E-state index contributed by atoms with van der Waals surface area (Å²) in [5, 5.41) is 0.601. The number of hydrogen-bond donors (Lipinski definition) is 1. The molecule has 5 heteroatoms. The number of aryl methyl sites for hydroxylation is 2. The van der Waals surface area contributed by atoms with Gasteiger partial charge in [-0.25, -0.2) is 13.8 Å². The fourth-order valence-electron chi connectivity index (χ4n) is 2.27. The van der Waals surface area contributed by atoms with Crippen molar-refractivity contribution in [3.63, 3.8) is 0 Å². The van der Waals surface area contributed by atoms with Gasteiger partial charge in [0.2, 0.25) is 0 Å². The first-order valence-electron chi connectivity index (χ1n) is 5.85. The maximum absolute atomic E-state index is 13.6. The fourth-order valence-corrected chi connectivity index (χ4v) is 3.44. The van der Waals surface area contributed by atoms with Crippen LogP contribution >= 0.6 is 11.3 Å². The lowest BCUT2D eigenvalue weighted by atomic mass is 10.1. The smallest absolute Gasteiger partial charge is 0.131 e. The van der Waals surface area contributed by atoms with Gasteiger partial charge in [0.25, 0.3) is 0 Å². The predicted octanol–water partition coefficient (Wildman–Crippen LogP) is 2.96. The Labute approximate surface area is 107 Å². The topological polar surface area (TPSA) is 38.9 Å². The van der Waals surface area contributed by atoms with Gasteiger partial charge in [-0.05, 0) is 31.4 Å². The number of thiazole rings is 1. The molecule has 1 aliphatic rings. The molecule has 0 amide bonds. The second kappa shape index (κ2) is 4.40. The quantitative estimate of drug-likeness (QED) is 0.907. The summed E-state index contributed by atoms with van der Waals surface area (Å²) < 4.78 is 27.3. The molecule has 0 saturated heterocycles. The zero-order chi connectivity index (χ0) is 12.7. The van der Waals surface area contributed by atoms with Crippen molar-refractivity contribution in [2.45, 2.75) is 25.3 Å². The Morgan fingerprint density at radius 2 is 1.94 bits per heavy atom. The van der Waals surface area contributed by atoms with E-state index in [0.717, 1.165) is 25.0 Å². The average molecular weight is 266 g/mol. The van der Waals surface area contributed by atoms with Crippen LogP contribution in [0.25, 0.3) is 0 Å². The molecular formula is C13H12F2N2S. The van der Waals surface area contributed by atoms with E-state index in [4.69, 9.17) is 5.73 Å². The van der Waals surface area contributed by atoms with Crippen LogP contribution in [0, 0.1) is 11.6 Å². The number of rotatable bonds is 2. The lowest BCUT2D eigenvalue weighted by molar-refractivity contribution is 0.542. The summed E-state index contributed by atoms with van der Waals surface area (Å²) in [4.78, 5) is 5.62. The number of halogens is 2. The molecule has 18 heavy (non-hydrogen) atoms. The molecule has 0 saturated carbocycles. The van der Waals surface area contributed by atoms with Crippen molar-refractivity contribution in [3.05, 3.63) is 51.0 Å². The van der Waals surface area contributed by atoms with Crippen molar-refractivity contribution in [1.82, 2.24) is 4.98 Å². The van der Waals surface area contributed by atoms with Crippen LogP contribution < -0.4 is 5.73 Å². The first-order chi connectivity index (χ1) is 8.66. The molecule has 1 atom stereocenters. The Bertz CT molecular complexity index is 553. The van der Waals surface area contributed by atoms with Crippen molar-refractivity contribution >= 4 is 11.3 Å². The van der Waals surface area contributed by atoms with Crippen molar-refractivity contribution in [3.8, 4) is 0 Å². The van der Waals surface area contributed by atoms with Crippen LogP contribution in [0.2, 0.25) is 0 Å². The minimum atomic E-state index is -0.818. The zero-order valence-electron chi connectivity index (χ0n) is 9.62. The second-order valence-electron chi connectivity index (χ2n) is 4.39. The van der Waals surface area contributed by atoms with Gasteiger partial charge in [0.15, 0.2) is 0 Å². The van der Waals surface area contributed by atoms with Gasteiger partial charge in [-0.2, -0.15) is 0 Å². The van der Waals surface area contributed by atoms with Gasteiger partial charge < -0.3 is 5.73 Å². The number of hydrogen-bond acceptors (Lipinski definition) is 3. The van der Waals surface area contributed by atoms with Gasteiger partial charge in [0.05, 0.1) is 11.7 Å². The molecule has 1 aromatic carbocycles. The molecule has 0 radical (unpaired) electrons. The number of benzene rings is 1. The summed E-state index contributed by atoms with van der Waals surface area (Å²) in [6.45, 7) is 0. The van der Waals surface area contributed by atoms with E-state index in [1.807, 2.05) is 0 Å². The summed E-state index contributed by atoms with van der Waals surface area (Å²) in [6, 6.07) is 2.96. The fraction of sp³-hybridized carbons (Fsp3) is 0.308. The Balaban J connectivity index is 2.01. The minimum Gasteiger partial charge on any atom is -0.318 e. The van der Waals surface area contributed by atoms with Crippen LogP contribution in [0.4, 0.5) is 8.78 Å². The number of aromatic nitrogens is 1. The third-order valence-electron chi connectivity index (χ3n) is 3.19. The normalized spacial score (nSPS) is 15.7. The zero-order valence-corrected chi connectivity index (χ0v) is 10.4. The van der Waals surface area contributed by atoms with Gasteiger partial charge in [0, 0.05) is 10.4 Å². The average Bonchev–Trinajstić information content (AvgIpc) is 2.88. The number of fused-ring (bicyclic) bond motifs is 1. The molecular weight excluding hydrogens is 254 g/mol. The molecule has 94 valence electrons. The molecule has 0 aliphatic heterocycles. The van der Waals surface area contributed by atoms with Crippen LogP contribution in [0.1, 0.15) is 33.6 Å². The molecule has 0 spiro atoms. The molecule has 3 rings (SSSR count). The minimum absolute atomic E-state index is 0.0927. The molecule has 2 aromatic rings. The van der Waals surface area contributed by atoms with Crippen LogP contribution in [-0.2, 0) is 12.8 Å². The molecule has 2 nitrogen and oxygen atoms in total. The largest absolute Gasteiger partial charge is 0.318 e. The van der Waals surface area contributed by atoms with Crippen LogP contribution in [0.3, 0.4) is 0 Å². The molecule has 1 aromatic heterocycles. The van der Waals surface area contributed by atoms with Crippen molar-refractivity contribution in [2.75, 3.05) is 0 Å². The SMILES string of the molecule is NC(c1nc2c(s1)CCC2)c1c(F)cccc1F. The lowest BCUT2D eigenvalue weighted by Gasteiger charge is -2.11. The Morgan fingerprint density at radius 1 is 1.22 bits per heavy atom. The molecule has 1 aliphatic carbocycles. The van der Waals surface area contributed by atoms with Gasteiger partial charge in [-0.15, -0.1) is 11.3 Å². The first-order valence-corrected chi connectivity index (χ1v) is 6.66. The molecule has 1 unspecified atom stereocenters. The van der Waals surface area contributed by atoms with Gasteiger partial charge >= 0.3 is 0 Å². The van der Waals surface area contributed by atoms with Crippen LogP contribution in [-0.4, -0.2) is 4.98 Å². The molecule has 0 bridgehead atoms. The third kappa shape index (κ3) is 1.83. The first kappa shape index (κ1) is 11.7. The standard InChI is InChI=1S/C13H12F2N2S/c14-7-3-1-4-8(15)11(7)12(16)13-17-9-5-2-6-10(9)18-13/h1,3-4,12H,2,5-6,16H2. The summed E-state index contributed by atoms with van der Waals surface area (Å²) in [5.74, 6) is -1.23. The Hall–Kier alpha value is -1.33. The van der Waals surface area contributed by atoms with E-state index in [1.165, 1.54) is 34.4 Å². The Kier molecular flexibility index (Phi) is 2.87. The van der Waals surface area contributed by atoms with E-state index in [0.29, 0.717) is 5.01 Å². The summed E-state index contributed by atoms with van der Waals surface area (Å²) >= 11 is 1.47. The highest BCUT2D eigenvalue weighted by atomic mass is 32.1. The van der Waals surface area contributed by atoms with Gasteiger partial charge in [-0.1, -0.05) is 6.07 Å². The lowest BCUT2D eigenvalue weighted by Crippen LogP contribution is -2.15. The van der Waals surface area contributed by atoms with E-state index in [2.05, 4.69) is 4.98 Å². The highest BCUT2D eigenvalue weighted by Crippen LogP contribution is 2.33. The second-order valence-corrected chi connectivity index (χ2v) is 5.50. The van der Waals surface area contributed by atoms with Crippen molar-refractivity contribution in [1.29, 1.82) is 0 Å². The number of nitrogens with zero attached hydrogens (tertiary/aromatic N) is 1. The summed E-state index contributed by atoms with van der Waals surface area (Å²) in [6.07, 6.45) is 3.05. The van der Waals surface area contributed by atoms with E-state index < -0.39 is 17.7 Å². The van der Waals surface area contributed by atoms with E-state index >= 15 is 0 Å². The Morgan fingerprint density at radius 3 is 2.61 bits per heavy atom. The van der Waals surface area contributed by atoms with E-state index in [-0.39, 0.29) is 5.56 Å². The molecule has 0 fully saturated rings. The third-order valence-corrected chi connectivity index (χ3v) is 4.43. The highest BCUT2D eigenvalue weighted by Gasteiger charge is 2.24. The predicted molar refractivity (Wildman–Crippen MR) is 66.5 cm³/mol.